The highest BCUT2D eigenvalue weighted by atomic mass is 19.1. The van der Waals surface area contributed by atoms with Crippen LogP contribution in [0.4, 0.5) is 8.78 Å². The van der Waals surface area contributed by atoms with Gasteiger partial charge >= 0.3 is 0 Å². The maximum absolute atomic E-state index is 13.8. The van der Waals surface area contributed by atoms with Crippen molar-refractivity contribution in [1.82, 2.24) is 19.2 Å². The smallest absolute Gasteiger partial charge is 0.177 e. The molecule has 142 valence electrons. The molecule has 0 fully saturated rings. The Balaban J connectivity index is 1.78. The highest BCUT2D eigenvalue weighted by Gasteiger charge is 2.13. The number of rotatable bonds is 3. The molecule has 0 amide bonds. The van der Waals surface area contributed by atoms with Crippen molar-refractivity contribution < 1.29 is 8.78 Å². The van der Waals surface area contributed by atoms with Gasteiger partial charge in [-0.15, -0.1) is 0 Å². The molecule has 2 aromatic carbocycles. The van der Waals surface area contributed by atoms with E-state index in [9.17, 15) is 8.78 Å². The Labute approximate surface area is 163 Å². The maximum Gasteiger partial charge on any atom is 0.177 e. The minimum absolute atomic E-state index is 0.0377. The first-order valence-corrected chi connectivity index (χ1v) is 8.49. The third-order valence-corrected chi connectivity index (χ3v) is 4.30. The van der Waals surface area contributed by atoms with Crippen LogP contribution in [0, 0.1) is 35.3 Å². The summed E-state index contributed by atoms with van der Waals surface area (Å²) in [5.74, 6) is -0.826. The largest absolute Gasteiger partial charge is 0.281 e. The molecule has 0 aliphatic heterocycles. The van der Waals surface area contributed by atoms with Crippen molar-refractivity contribution in [3.8, 4) is 11.8 Å². The molecular formula is C20H13F2N7. The fourth-order valence-corrected chi connectivity index (χ4v) is 2.89. The standard InChI is InChI=1S/C20H13F2N7/c1-12-27-18-19(24)28(26-10-14-4-5-15(21)8-17(14)22)11-25-20(18)29(12)16-6-2-13(9-23)3-7-16/h2-8,10-11,24H,1H3. The number of halogens is 2. The van der Waals surface area contributed by atoms with Crippen LogP contribution in [-0.4, -0.2) is 25.4 Å². The third-order valence-electron chi connectivity index (χ3n) is 4.30. The van der Waals surface area contributed by atoms with Gasteiger partial charge in [-0.3, -0.25) is 9.98 Å². The molecule has 29 heavy (non-hydrogen) atoms. The van der Waals surface area contributed by atoms with Gasteiger partial charge in [0.1, 0.15) is 23.8 Å². The van der Waals surface area contributed by atoms with Crippen molar-refractivity contribution in [2.45, 2.75) is 6.92 Å². The monoisotopic (exact) mass is 389 g/mol. The lowest BCUT2D eigenvalue weighted by Crippen LogP contribution is -2.18. The predicted molar refractivity (Wildman–Crippen MR) is 102 cm³/mol. The van der Waals surface area contributed by atoms with E-state index in [4.69, 9.17) is 10.7 Å². The number of aryl methyl sites for hydroxylation is 1. The van der Waals surface area contributed by atoms with E-state index < -0.39 is 11.6 Å². The van der Waals surface area contributed by atoms with Crippen molar-refractivity contribution in [1.29, 1.82) is 10.7 Å². The zero-order valence-corrected chi connectivity index (χ0v) is 15.1. The molecule has 1 N–H and O–H groups in total. The fraction of sp³-hybridized carbons (Fsp3) is 0.0500. The van der Waals surface area contributed by atoms with Crippen molar-refractivity contribution >= 4 is 17.4 Å². The Kier molecular flexibility index (Phi) is 4.44. The maximum atomic E-state index is 13.8. The van der Waals surface area contributed by atoms with Crippen molar-refractivity contribution in [2.24, 2.45) is 5.10 Å². The fourth-order valence-electron chi connectivity index (χ4n) is 2.89. The van der Waals surface area contributed by atoms with E-state index in [1.807, 2.05) is 0 Å². The van der Waals surface area contributed by atoms with Crippen LogP contribution in [0.1, 0.15) is 17.0 Å². The summed E-state index contributed by atoms with van der Waals surface area (Å²) in [5, 5.41) is 21.4. The number of nitrogens with zero attached hydrogens (tertiary/aromatic N) is 6. The summed E-state index contributed by atoms with van der Waals surface area (Å²) in [6.07, 6.45) is 2.51. The predicted octanol–water partition coefficient (Wildman–Crippen LogP) is 3.04. The van der Waals surface area contributed by atoms with Gasteiger partial charge in [-0.25, -0.2) is 23.4 Å². The number of imidazole rings is 1. The van der Waals surface area contributed by atoms with Gasteiger partial charge in [-0.05, 0) is 43.3 Å². The van der Waals surface area contributed by atoms with Crippen LogP contribution in [0.15, 0.2) is 53.9 Å². The number of hydrogen-bond acceptors (Lipinski definition) is 5. The van der Waals surface area contributed by atoms with Gasteiger partial charge in [0.2, 0.25) is 0 Å². The zero-order chi connectivity index (χ0) is 20.5. The molecule has 2 heterocycles. The molecule has 9 heteroatoms. The minimum Gasteiger partial charge on any atom is -0.281 e. The van der Waals surface area contributed by atoms with Gasteiger partial charge in [-0.1, -0.05) is 0 Å². The van der Waals surface area contributed by atoms with Crippen molar-refractivity contribution in [2.75, 3.05) is 0 Å². The molecule has 4 aromatic rings. The number of nitriles is 1. The van der Waals surface area contributed by atoms with Crippen LogP contribution in [0.2, 0.25) is 0 Å². The lowest BCUT2D eigenvalue weighted by atomic mass is 10.2. The number of benzene rings is 2. The zero-order valence-electron chi connectivity index (χ0n) is 15.1. The summed E-state index contributed by atoms with van der Waals surface area (Å²) >= 11 is 0. The van der Waals surface area contributed by atoms with E-state index in [2.05, 4.69) is 21.1 Å². The van der Waals surface area contributed by atoms with E-state index in [-0.39, 0.29) is 11.1 Å². The van der Waals surface area contributed by atoms with Crippen LogP contribution < -0.4 is 5.49 Å². The topological polar surface area (TPSA) is 95.6 Å². The second-order valence-electron chi connectivity index (χ2n) is 6.17. The second-order valence-corrected chi connectivity index (χ2v) is 6.17. The quantitative estimate of drug-likeness (QED) is 0.546. The Morgan fingerprint density at radius 3 is 2.62 bits per heavy atom. The van der Waals surface area contributed by atoms with Gasteiger partial charge < -0.3 is 0 Å². The Hall–Kier alpha value is -4.19. The van der Waals surface area contributed by atoms with E-state index >= 15 is 0 Å². The van der Waals surface area contributed by atoms with Crippen molar-refractivity contribution in [3.63, 3.8) is 0 Å². The average Bonchev–Trinajstić information content (AvgIpc) is 3.05. The molecule has 0 aliphatic rings. The lowest BCUT2D eigenvalue weighted by molar-refractivity contribution is 0.582. The molecule has 4 rings (SSSR count). The summed E-state index contributed by atoms with van der Waals surface area (Å²) in [6, 6.07) is 12.1. The van der Waals surface area contributed by atoms with Crippen LogP contribution in [0.3, 0.4) is 0 Å². The molecule has 0 aliphatic carbocycles. The molecule has 0 unspecified atom stereocenters. The number of hydrogen-bond donors (Lipinski definition) is 1. The van der Waals surface area contributed by atoms with Crippen LogP contribution >= 0.6 is 0 Å². The molecular weight excluding hydrogens is 376 g/mol. The summed E-state index contributed by atoms with van der Waals surface area (Å²) in [7, 11) is 0. The van der Waals surface area contributed by atoms with E-state index in [1.165, 1.54) is 18.6 Å². The summed E-state index contributed by atoms with van der Waals surface area (Å²) in [5.41, 5.74) is 2.10. The van der Waals surface area contributed by atoms with Crippen LogP contribution in [0.25, 0.3) is 16.9 Å². The molecule has 0 saturated heterocycles. The third kappa shape index (κ3) is 3.27. The molecule has 0 radical (unpaired) electrons. The highest BCUT2D eigenvalue weighted by Crippen LogP contribution is 2.18. The van der Waals surface area contributed by atoms with Gasteiger partial charge in [0.25, 0.3) is 0 Å². The van der Waals surface area contributed by atoms with Gasteiger partial charge in [0.05, 0.1) is 17.8 Å². The summed E-state index contributed by atoms with van der Waals surface area (Å²) in [4.78, 5) is 8.75. The Morgan fingerprint density at radius 2 is 1.93 bits per heavy atom. The van der Waals surface area contributed by atoms with Crippen LogP contribution in [-0.2, 0) is 0 Å². The second kappa shape index (κ2) is 7.09. The normalized spacial score (nSPS) is 11.2. The summed E-state index contributed by atoms with van der Waals surface area (Å²) in [6.45, 7) is 1.78. The SMILES string of the molecule is Cc1nc2c(=N)n(N=Cc3ccc(F)cc3F)cnc2n1-c1ccc(C#N)cc1. The van der Waals surface area contributed by atoms with Crippen molar-refractivity contribution in [3.05, 3.63) is 82.9 Å². The van der Waals surface area contributed by atoms with E-state index in [1.54, 1.807) is 35.8 Å². The minimum atomic E-state index is -0.754. The van der Waals surface area contributed by atoms with Crippen LogP contribution in [0.5, 0.6) is 0 Å². The molecule has 2 aromatic heterocycles. The Morgan fingerprint density at radius 1 is 1.17 bits per heavy atom. The Bertz CT molecular complexity index is 1360. The average molecular weight is 389 g/mol. The first kappa shape index (κ1) is 18.2. The van der Waals surface area contributed by atoms with E-state index in [0.29, 0.717) is 22.6 Å². The summed E-state index contributed by atoms with van der Waals surface area (Å²) < 4.78 is 29.7. The highest BCUT2D eigenvalue weighted by molar-refractivity contribution is 5.80. The van der Waals surface area contributed by atoms with Gasteiger partial charge in [-0.2, -0.15) is 10.4 Å². The number of aromatic nitrogens is 4. The molecule has 0 saturated carbocycles. The number of fused-ring (bicyclic) bond motifs is 1. The van der Waals surface area contributed by atoms with Gasteiger partial charge in [0, 0.05) is 17.3 Å². The lowest BCUT2D eigenvalue weighted by Gasteiger charge is -2.06. The first-order chi connectivity index (χ1) is 14.0. The first-order valence-electron chi connectivity index (χ1n) is 8.49. The molecule has 0 bridgehead atoms. The van der Waals surface area contributed by atoms with E-state index in [0.717, 1.165) is 22.5 Å². The number of nitrogens with one attached hydrogen (secondary N) is 1. The van der Waals surface area contributed by atoms with Gasteiger partial charge in [0.15, 0.2) is 16.7 Å². The molecule has 0 spiro atoms. The molecule has 0 atom stereocenters. The molecule has 7 nitrogen and oxygen atoms in total.